The van der Waals surface area contributed by atoms with E-state index in [1.807, 2.05) is 6.07 Å². The van der Waals surface area contributed by atoms with E-state index in [1.165, 1.54) is 16.8 Å². The highest BCUT2D eigenvalue weighted by molar-refractivity contribution is 7.09. The van der Waals surface area contributed by atoms with E-state index in [1.54, 1.807) is 11.3 Å². The molecule has 1 unspecified atom stereocenters. The van der Waals surface area contributed by atoms with E-state index >= 15 is 0 Å². The van der Waals surface area contributed by atoms with Gasteiger partial charge in [-0.15, -0.1) is 11.3 Å². The standard InChI is InChI=1S/C15H19N3S/c1-10(15-9-19-11(2)17-15)18-7-6-13-12(8-18)4-3-5-14(13)16/h3-5,9-10H,6-8,16H2,1-2H3. The van der Waals surface area contributed by atoms with Crippen molar-refractivity contribution in [1.82, 2.24) is 9.88 Å². The van der Waals surface area contributed by atoms with Gasteiger partial charge in [0.2, 0.25) is 0 Å². The highest BCUT2D eigenvalue weighted by Gasteiger charge is 2.23. The number of nitrogens with zero attached hydrogens (tertiary/aromatic N) is 2. The quantitative estimate of drug-likeness (QED) is 0.855. The Labute approximate surface area is 118 Å². The lowest BCUT2D eigenvalue weighted by atomic mass is 9.97. The van der Waals surface area contributed by atoms with Crippen molar-refractivity contribution >= 4 is 17.0 Å². The number of aromatic nitrogens is 1. The summed E-state index contributed by atoms with van der Waals surface area (Å²) < 4.78 is 0. The van der Waals surface area contributed by atoms with Crippen molar-refractivity contribution in [3.63, 3.8) is 0 Å². The number of hydrogen-bond acceptors (Lipinski definition) is 4. The molecule has 2 aromatic rings. The largest absolute Gasteiger partial charge is 0.398 e. The predicted molar refractivity (Wildman–Crippen MR) is 80.2 cm³/mol. The molecule has 1 aromatic carbocycles. The van der Waals surface area contributed by atoms with Gasteiger partial charge in [0.25, 0.3) is 0 Å². The molecule has 4 heteroatoms. The van der Waals surface area contributed by atoms with Gasteiger partial charge in [-0.05, 0) is 37.5 Å². The molecule has 100 valence electrons. The maximum absolute atomic E-state index is 6.05. The number of anilines is 1. The summed E-state index contributed by atoms with van der Waals surface area (Å²) in [6, 6.07) is 6.62. The molecule has 3 rings (SSSR count). The molecule has 1 atom stereocenters. The van der Waals surface area contributed by atoms with E-state index in [0.29, 0.717) is 6.04 Å². The Hall–Kier alpha value is -1.39. The molecule has 2 N–H and O–H groups in total. The van der Waals surface area contributed by atoms with Crippen LogP contribution in [0.4, 0.5) is 5.69 Å². The number of nitrogens with two attached hydrogens (primary N) is 1. The molecule has 2 heterocycles. The molecular formula is C15H19N3S. The highest BCUT2D eigenvalue weighted by atomic mass is 32.1. The first-order chi connectivity index (χ1) is 9.15. The fourth-order valence-electron chi connectivity index (χ4n) is 2.75. The molecule has 3 nitrogen and oxygen atoms in total. The van der Waals surface area contributed by atoms with Gasteiger partial charge in [-0.3, -0.25) is 4.90 Å². The van der Waals surface area contributed by atoms with Gasteiger partial charge >= 0.3 is 0 Å². The van der Waals surface area contributed by atoms with Gasteiger partial charge in [0.05, 0.1) is 16.7 Å². The molecule has 0 radical (unpaired) electrons. The Kier molecular flexibility index (Phi) is 3.29. The van der Waals surface area contributed by atoms with E-state index in [4.69, 9.17) is 5.73 Å². The van der Waals surface area contributed by atoms with Gasteiger partial charge in [0.1, 0.15) is 0 Å². The zero-order chi connectivity index (χ0) is 13.4. The second kappa shape index (κ2) is 4.94. The first-order valence-corrected chi connectivity index (χ1v) is 7.55. The van der Waals surface area contributed by atoms with Crippen LogP contribution in [-0.2, 0) is 13.0 Å². The molecule has 0 amide bonds. The normalized spacial score (nSPS) is 17.2. The van der Waals surface area contributed by atoms with E-state index in [0.717, 1.165) is 30.2 Å². The zero-order valence-corrected chi connectivity index (χ0v) is 12.2. The summed E-state index contributed by atoms with van der Waals surface area (Å²) in [5, 5.41) is 3.32. The third-order valence-corrected chi connectivity index (χ3v) is 4.74. The van der Waals surface area contributed by atoms with Crippen molar-refractivity contribution in [2.75, 3.05) is 12.3 Å². The van der Waals surface area contributed by atoms with Crippen molar-refractivity contribution in [1.29, 1.82) is 0 Å². The van der Waals surface area contributed by atoms with Gasteiger partial charge in [-0.1, -0.05) is 12.1 Å². The highest BCUT2D eigenvalue weighted by Crippen LogP contribution is 2.30. The van der Waals surface area contributed by atoms with Crippen LogP contribution in [0.1, 0.15) is 34.8 Å². The van der Waals surface area contributed by atoms with Crippen LogP contribution in [0.25, 0.3) is 0 Å². The number of nitrogen functional groups attached to an aromatic ring is 1. The molecule has 0 spiro atoms. The van der Waals surface area contributed by atoms with Crippen molar-refractivity contribution < 1.29 is 0 Å². The van der Waals surface area contributed by atoms with Gasteiger partial charge in [0.15, 0.2) is 0 Å². The fraction of sp³-hybridized carbons (Fsp3) is 0.400. The Balaban J connectivity index is 1.82. The summed E-state index contributed by atoms with van der Waals surface area (Å²) in [5.74, 6) is 0. The van der Waals surface area contributed by atoms with Gasteiger partial charge in [-0.2, -0.15) is 0 Å². The summed E-state index contributed by atoms with van der Waals surface area (Å²) in [5.41, 5.74) is 10.9. The SMILES string of the molecule is Cc1nc(C(C)N2CCc3c(N)cccc3C2)cs1. The molecule has 0 saturated carbocycles. The summed E-state index contributed by atoms with van der Waals surface area (Å²) in [4.78, 5) is 7.09. The lowest BCUT2D eigenvalue weighted by molar-refractivity contribution is 0.189. The number of benzene rings is 1. The van der Waals surface area contributed by atoms with E-state index in [2.05, 4.69) is 41.2 Å². The van der Waals surface area contributed by atoms with Crippen LogP contribution in [0, 0.1) is 6.92 Å². The van der Waals surface area contributed by atoms with Crippen molar-refractivity contribution in [3.8, 4) is 0 Å². The predicted octanol–water partition coefficient (Wildman–Crippen LogP) is 3.15. The molecule has 0 saturated heterocycles. The minimum Gasteiger partial charge on any atom is -0.398 e. The summed E-state index contributed by atoms with van der Waals surface area (Å²) in [6.07, 6.45) is 1.04. The van der Waals surface area contributed by atoms with Crippen molar-refractivity contribution in [3.05, 3.63) is 45.4 Å². The topological polar surface area (TPSA) is 42.2 Å². The number of thiazole rings is 1. The fourth-order valence-corrected chi connectivity index (χ4v) is 3.45. The average molecular weight is 273 g/mol. The Morgan fingerprint density at radius 2 is 2.26 bits per heavy atom. The van der Waals surface area contributed by atoms with Crippen LogP contribution < -0.4 is 5.73 Å². The third-order valence-electron chi connectivity index (χ3n) is 3.94. The van der Waals surface area contributed by atoms with Crippen molar-refractivity contribution in [2.24, 2.45) is 0 Å². The second-order valence-corrected chi connectivity index (χ2v) is 6.23. The van der Waals surface area contributed by atoms with Gasteiger partial charge in [-0.25, -0.2) is 4.98 Å². The number of aryl methyl sites for hydroxylation is 1. The van der Waals surface area contributed by atoms with E-state index < -0.39 is 0 Å². The Morgan fingerprint density at radius 3 is 3.00 bits per heavy atom. The lowest BCUT2D eigenvalue weighted by Crippen LogP contribution is -2.33. The molecule has 0 fully saturated rings. The minimum atomic E-state index is 0.375. The summed E-state index contributed by atoms with van der Waals surface area (Å²) in [6.45, 7) is 6.33. The minimum absolute atomic E-state index is 0.375. The Bertz CT molecular complexity index is 591. The lowest BCUT2D eigenvalue weighted by Gasteiger charge is -2.33. The summed E-state index contributed by atoms with van der Waals surface area (Å²) >= 11 is 1.73. The van der Waals surface area contributed by atoms with Crippen LogP contribution in [0.3, 0.4) is 0 Å². The number of hydrogen-bond donors (Lipinski definition) is 1. The van der Waals surface area contributed by atoms with Gasteiger partial charge in [0, 0.05) is 24.2 Å². The van der Waals surface area contributed by atoms with E-state index in [9.17, 15) is 0 Å². The first kappa shape index (κ1) is 12.6. The van der Waals surface area contributed by atoms with Gasteiger partial charge < -0.3 is 5.73 Å². The second-order valence-electron chi connectivity index (χ2n) is 5.17. The molecule has 0 bridgehead atoms. The van der Waals surface area contributed by atoms with Crippen molar-refractivity contribution in [2.45, 2.75) is 32.9 Å². The van der Waals surface area contributed by atoms with Crippen LogP contribution in [0.15, 0.2) is 23.6 Å². The van der Waals surface area contributed by atoms with Crippen LogP contribution in [0.2, 0.25) is 0 Å². The molecule has 1 aromatic heterocycles. The first-order valence-electron chi connectivity index (χ1n) is 6.67. The maximum Gasteiger partial charge on any atom is 0.0898 e. The number of fused-ring (bicyclic) bond motifs is 1. The van der Waals surface area contributed by atoms with Crippen LogP contribution in [0.5, 0.6) is 0 Å². The molecule has 0 aliphatic carbocycles. The zero-order valence-electron chi connectivity index (χ0n) is 11.4. The number of rotatable bonds is 2. The Morgan fingerprint density at radius 1 is 1.42 bits per heavy atom. The molecule has 19 heavy (non-hydrogen) atoms. The van der Waals surface area contributed by atoms with Crippen LogP contribution in [-0.4, -0.2) is 16.4 Å². The smallest absolute Gasteiger partial charge is 0.0898 e. The average Bonchev–Trinajstić information content (AvgIpc) is 2.84. The monoisotopic (exact) mass is 273 g/mol. The molecule has 1 aliphatic heterocycles. The molecular weight excluding hydrogens is 254 g/mol. The maximum atomic E-state index is 6.05. The van der Waals surface area contributed by atoms with E-state index in [-0.39, 0.29) is 0 Å². The summed E-state index contributed by atoms with van der Waals surface area (Å²) in [7, 11) is 0. The molecule has 1 aliphatic rings. The van der Waals surface area contributed by atoms with Crippen LogP contribution >= 0.6 is 11.3 Å². The third kappa shape index (κ3) is 2.38.